The first-order valence-corrected chi connectivity index (χ1v) is 14.9. The second-order valence-corrected chi connectivity index (χ2v) is 12.1. The highest BCUT2D eigenvalue weighted by Gasteiger charge is 2.29. The molecule has 1 N–H and O–H groups in total. The number of nitrogens with zero attached hydrogens (tertiary/aromatic N) is 3. The van der Waals surface area contributed by atoms with E-state index in [0.29, 0.717) is 5.75 Å². The van der Waals surface area contributed by atoms with Gasteiger partial charge in [-0.1, -0.05) is 39.7 Å². The van der Waals surface area contributed by atoms with Crippen LogP contribution in [0.4, 0.5) is 5.69 Å². The zero-order chi connectivity index (χ0) is 29.7. The molecule has 0 saturated heterocycles. The topological polar surface area (TPSA) is 102 Å². The van der Waals surface area contributed by atoms with Crippen molar-refractivity contribution in [1.82, 2.24) is 9.99 Å². The molecule has 0 aliphatic heterocycles. The number of aromatic nitrogens is 1. The number of rotatable bonds is 10. The highest BCUT2D eigenvalue weighted by molar-refractivity contribution is 9.10. The predicted octanol–water partition coefficient (Wildman–Crippen LogP) is 5.53. The molecule has 1 aromatic heterocycles. The van der Waals surface area contributed by atoms with Crippen LogP contribution in [-0.2, 0) is 14.8 Å². The smallest absolute Gasteiger partial charge is 0.264 e. The van der Waals surface area contributed by atoms with Crippen molar-refractivity contribution < 1.29 is 22.7 Å². The summed E-state index contributed by atoms with van der Waals surface area (Å²) in [5, 5.41) is 4.13. The van der Waals surface area contributed by atoms with Crippen LogP contribution in [-0.4, -0.2) is 45.9 Å². The summed E-state index contributed by atoms with van der Waals surface area (Å²) in [5.74, 6) is 0.0831. The molecule has 0 atom stereocenters. The van der Waals surface area contributed by atoms with Crippen LogP contribution in [0.3, 0.4) is 0 Å². The van der Waals surface area contributed by atoms with Crippen LogP contribution in [0.2, 0.25) is 0 Å². The maximum Gasteiger partial charge on any atom is 0.264 e. The van der Waals surface area contributed by atoms with Gasteiger partial charge in [-0.3, -0.25) is 9.10 Å². The second-order valence-electron chi connectivity index (χ2n) is 9.30. The molecular formula is C30H31BrN4O5S. The van der Waals surface area contributed by atoms with Gasteiger partial charge in [-0.15, -0.1) is 0 Å². The van der Waals surface area contributed by atoms with Gasteiger partial charge in [-0.2, -0.15) is 5.10 Å². The number of hydrogen-bond acceptors (Lipinski definition) is 6. The minimum absolute atomic E-state index is 0.0391. The molecule has 0 spiro atoms. The fourth-order valence-electron chi connectivity index (χ4n) is 4.40. The molecule has 4 rings (SSSR count). The van der Waals surface area contributed by atoms with Crippen molar-refractivity contribution in [3.05, 3.63) is 99.8 Å². The van der Waals surface area contributed by atoms with Crippen LogP contribution in [0.25, 0.3) is 5.69 Å². The zero-order valence-corrected chi connectivity index (χ0v) is 25.8. The van der Waals surface area contributed by atoms with Gasteiger partial charge in [0.05, 0.1) is 31.0 Å². The summed E-state index contributed by atoms with van der Waals surface area (Å²) in [6.45, 7) is 5.28. The number of sulfonamides is 1. The van der Waals surface area contributed by atoms with E-state index in [1.54, 1.807) is 30.5 Å². The number of halogens is 1. The van der Waals surface area contributed by atoms with E-state index in [9.17, 15) is 13.2 Å². The number of anilines is 1. The van der Waals surface area contributed by atoms with Crippen LogP contribution in [0.5, 0.6) is 11.5 Å². The molecule has 0 radical (unpaired) electrons. The lowest BCUT2D eigenvalue weighted by molar-refractivity contribution is -0.119. The molecule has 0 unspecified atom stereocenters. The summed E-state index contributed by atoms with van der Waals surface area (Å²) < 4.78 is 42.3. The molecular weight excluding hydrogens is 608 g/mol. The molecule has 11 heteroatoms. The maximum absolute atomic E-state index is 13.8. The molecule has 1 amide bonds. The lowest BCUT2D eigenvalue weighted by Crippen LogP contribution is -2.39. The lowest BCUT2D eigenvalue weighted by Gasteiger charge is -2.25. The number of carbonyl (C=O) groups excluding carboxylic acids is 1. The number of methoxy groups -OCH3 is 2. The average Bonchev–Trinajstić information content (AvgIpc) is 3.23. The van der Waals surface area contributed by atoms with Crippen LogP contribution >= 0.6 is 15.9 Å². The van der Waals surface area contributed by atoms with Gasteiger partial charge < -0.3 is 14.0 Å². The number of hydrogen-bond donors (Lipinski definition) is 1. The quantitative estimate of drug-likeness (QED) is 0.182. The van der Waals surface area contributed by atoms with E-state index in [-0.39, 0.29) is 16.3 Å². The fourth-order valence-corrected chi connectivity index (χ4v) is 6.22. The SMILES string of the molecule is COc1ccc(N(CC(=O)N/N=C/c2cc(C)n(-c3cccc(Br)c3)c2C)S(=O)(=O)c2ccc(C)cc2)c(OC)c1. The largest absolute Gasteiger partial charge is 0.497 e. The van der Waals surface area contributed by atoms with Gasteiger partial charge in [0, 0.05) is 33.2 Å². The van der Waals surface area contributed by atoms with Gasteiger partial charge in [-0.05, 0) is 69.3 Å². The highest BCUT2D eigenvalue weighted by Crippen LogP contribution is 2.35. The van der Waals surface area contributed by atoms with Gasteiger partial charge in [0.15, 0.2) is 0 Å². The van der Waals surface area contributed by atoms with Gasteiger partial charge in [-0.25, -0.2) is 13.8 Å². The molecule has 3 aromatic carbocycles. The first-order chi connectivity index (χ1) is 19.5. The van der Waals surface area contributed by atoms with E-state index in [1.165, 1.54) is 32.4 Å². The van der Waals surface area contributed by atoms with Crippen molar-refractivity contribution in [3.8, 4) is 17.2 Å². The number of ether oxygens (including phenoxy) is 2. The molecule has 41 heavy (non-hydrogen) atoms. The van der Waals surface area contributed by atoms with Crippen molar-refractivity contribution >= 4 is 43.8 Å². The Bertz CT molecular complexity index is 1700. The minimum Gasteiger partial charge on any atom is -0.497 e. The Kier molecular flexibility index (Phi) is 9.19. The molecule has 214 valence electrons. The Morgan fingerprint density at radius 3 is 2.39 bits per heavy atom. The van der Waals surface area contributed by atoms with E-state index in [4.69, 9.17) is 9.47 Å². The Labute approximate surface area is 248 Å². The summed E-state index contributed by atoms with van der Waals surface area (Å²) in [7, 11) is -1.23. The van der Waals surface area contributed by atoms with Crippen molar-refractivity contribution in [3.63, 3.8) is 0 Å². The van der Waals surface area contributed by atoms with E-state index >= 15 is 0 Å². The van der Waals surface area contributed by atoms with Gasteiger partial charge in [0.25, 0.3) is 15.9 Å². The lowest BCUT2D eigenvalue weighted by atomic mass is 10.2. The van der Waals surface area contributed by atoms with E-state index in [2.05, 4.69) is 31.0 Å². The molecule has 4 aromatic rings. The Hall–Kier alpha value is -4.09. The predicted molar refractivity (Wildman–Crippen MR) is 164 cm³/mol. The van der Waals surface area contributed by atoms with Crippen molar-refractivity contribution in [1.29, 1.82) is 0 Å². The van der Waals surface area contributed by atoms with E-state index < -0.39 is 22.5 Å². The van der Waals surface area contributed by atoms with E-state index in [1.807, 2.05) is 51.1 Å². The number of nitrogens with one attached hydrogen (secondary N) is 1. The Balaban J connectivity index is 1.61. The standard InChI is InChI=1S/C30H31BrN4O5S/c1-20-9-12-27(13-10-20)41(37,38)34(28-14-11-26(39-4)17-29(28)40-5)19-30(36)33-32-18-23-15-21(2)35(22(23)3)25-8-6-7-24(31)16-25/h6-18H,19H2,1-5H3,(H,33,36)/b32-18+. The minimum atomic E-state index is -4.15. The number of aryl methyl sites for hydroxylation is 2. The van der Waals surface area contributed by atoms with Crippen LogP contribution in [0.1, 0.15) is 22.5 Å². The second kappa shape index (κ2) is 12.6. The molecule has 0 aliphatic rings. The summed E-state index contributed by atoms with van der Waals surface area (Å²) in [5.41, 5.74) is 7.29. The van der Waals surface area contributed by atoms with Gasteiger partial charge >= 0.3 is 0 Å². The van der Waals surface area contributed by atoms with Gasteiger partial charge in [0.1, 0.15) is 18.0 Å². The summed E-state index contributed by atoms with van der Waals surface area (Å²) in [6, 6.07) is 21.0. The van der Waals surface area contributed by atoms with Crippen LogP contribution in [0, 0.1) is 20.8 Å². The number of carbonyl (C=O) groups is 1. The van der Waals surface area contributed by atoms with Crippen molar-refractivity contribution in [2.75, 3.05) is 25.1 Å². The fraction of sp³-hybridized carbons (Fsp3) is 0.200. The number of benzene rings is 3. The summed E-state index contributed by atoms with van der Waals surface area (Å²) in [4.78, 5) is 13.1. The summed E-state index contributed by atoms with van der Waals surface area (Å²) in [6.07, 6.45) is 1.54. The maximum atomic E-state index is 13.8. The average molecular weight is 640 g/mol. The number of amides is 1. The molecule has 0 bridgehead atoms. The highest BCUT2D eigenvalue weighted by atomic mass is 79.9. The normalized spacial score (nSPS) is 11.5. The van der Waals surface area contributed by atoms with Crippen LogP contribution < -0.4 is 19.2 Å². The first-order valence-electron chi connectivity index (χ1n) is 12.6. The monoisotopic (exact) mass is 638 g/mol. The third-order valence-electron chi connectivity index (χ3n) is 6.48. The Morgan fingerprint density at radius 2 is 1.73 bits per heavy atom. The molecule has 0 aliphatic carbocycles. The van der Waals surface area contributed by atoms with Crippen molar-refractivity contribution in [2.45, 2.75) is 25.7 Å². The third kappa shape index (κ3) is 6.63. The van der Waals surface area contributed by atoms with Crippen LogP contribution in [0.15, 0.2) is 87.3 Å². The summed E-state index contributed by atoms with van der Waals surface area (Å²) >= 11 is 3.51. The van der Waals surface area contributed by atoms with E-state index in [0.717, 1.165) is 37.0 Å². The van der Waals surface area contributed by atoms with Crippen molar-refractivity contribution in [2.24, 2.45) is 5.10 Å². The molecule has 0 saturated carbocycles. The number of hydrazone groups is 1. The third-order valence-corrected chi connectivity index (χ3v) is 8.75. The van der Waals surface area contributed by atoms with Gasteiger partial charge in [0.2, 0.25) is 0 Å². The molecule has 9 nitrogen and oxygen atoms in total. The molecule has 0 fully saturated rings. The zero-order valence-electron chi connectivity index (χ0n) is 23.4. The molecule has 1 heterocycles. The Morgan fingerprint density at radius 1 is 1.00 bits per heavy atom. The first kappa shape index (κ1) is 29.9.